The van der Waals surface area contributed by atoms with E-state index in [4.69, 9.17) is 5.73 Å². The van der Waals surface area contributed by atoms with E-state index in [-0.39, 0.29) is 6.04 Å². The summed E-state index contributed by atoms with van der Waals surface area (Å²) in [4.78, 5) is 3.90. The van der Waals surface area contributed by atoms with Crippen LogP contribution < -0.4 is 11.1 Å². The van der Waals surface area contributed by atoms with Crippen LogP contribution in [0.15, 0.2) is 36.9 Å². The number of hydrogen-bond donors (Lipinski definition) is 2. The zero-order valence-electron chi connectivity index (χ0n) is 9.17. The van der Waals surface area contributed by atoms with E-state index in [1.54, 1.807) is 11.0 Å². The summed E-state index contributed by atoms with van der Waals surface area (Å²) < 4.78 is 1.72. The molecule has 0 aliphatic rings. The van der Waals surface area contributed by atoms with Gasteiger partial charge in [-0.15, -0.1) is 0 Å². The molecule has 0 saturated heterocycles. The highest BCUT2D eigenvalue weighted by Gasteiger charge is 2.00. The van der Waals surface area contributed by atoms with Crippen LogP contribution >= 0.6 is 0 Å². The topological polar surface area (TPSA) is 68.8 Å². The van der Waals surface area contributed by atoms with E-state index < -0.39 is 0 Å². The summed E-state index contributed by atoms with van der Waals surface area (Å²) >= 11 is 0. The molecule has 0 amide bonds. The van der Waals surface area contributed by atoms with E-state index in [2.05, 4.69) is 15.4 Å². The highest BCUT2D eigenvalue weighted by Crippen LogP contribution is 2.12. The number of rotatable bonds is 4. The Balaban J connectivity index is 2.11. The Hall–Kier alpha value is -1.88. The fraction of sp³-hybridized carbons (Fsp3) is 0.273. The van der Waals surface area contributed by atoms with Crippen LogP contribution in [0.3, 0.4) is 0 Å². The number of hydrogen-bond acceptors (Lipinski definition) is 4. The van der Waals surface area contributed by atoms with Crippen molar-refractivity contribution < 1.29 is 0 Å². The van der Waals surface area contributed by atoms with Crippen LogP contribution in [-0.4, -0.2) is 27.4 Å². The van der Waals surface area contributed by atoms with Gasteiger partial charge < -0.3 is 11.1 Å². The first kappa shape index (κ1) is 10.6. The first-order valence-electron chi connectivity index (χ1n) is 5.21. The van der Waals surface area contributed by atoms with Gasteiger partial charge in [0.15, 0.2) is 0 Å². The minimum absolute atomic E-state index is 0.275. The highest BCUT2D eigenvalue weighted by atomic mass is 15.3. The first-order chi connectivity index (χ1) is 7.79. The van der Waals surface area contributed by atoms with Crippen LogP contribution in [0, 0.1) is 0 Å². The Morgan fingerprint density at radius 2 is 2.12 bits per heavy atom. The molecule has 0 spiro atoms. The van der Waals surface area contributed by atoms with Gasteiger partial charge in [0, 0.05) is 18.3 Å². The number of benzene rings is 1. The molecular weight excluding hydrogens is 202 g/mol. The molecule has 1 heterocycles. The van der Waals surface area contributed by atoms with Crippen molar-refractivity contribution in [1.29, 1.82) is 0 Å². The zero-order valence-corrected chi connectivity index (χ0v) is 9.17. The van der Waals surface area contributed by atoms with E-state index in [0.717, 1.165) is 11.4 Å². The third-order valence-corrected chi connectivity index (χ3v) is 2.32. The summed E-state index contributed by atoms with van der Waals surface area (Å²) in [6, 6.07) is 8.25. The van der Waals surface area contributed by atoms with Crippen molar-refractivity contribution in [1.82, 2.24) is 14.8 Å². The SMILES string of the molecule is CC(CN)Nc1ccc(-n2cncn2)cc1. The summed E-state index contributed by atoms with van der Waals surface area (Å²) in [5, 5.41) is 7.35. The second-order valence-electron chi connectivity index (χ2n) is 3.67. The molecule has 1 atom stereocenters. The van der Waals surface area contributed by atoms with Gasteiger partial charge in [-0.1, -0.05) is 0 Å². The maximum atomic E-state index is 5.54. The summed E-state index contributed by atoms with van der Waals surface area (Å²) in [5.41, 5.74) is 7.59. The van der Waals surface area contributed by atoms with Gasteiger partial charge >= 0.3 is 0 Å². The third kappa shape index (κ3) is 2.38. The smallest absolute Gasteiger partial charge is 0.138 e. The minimum Gasteiger partial charge on any atom is -0.381 e. The lowest BCUT2D eigenvalue weighted by Crippen LogP contribution is -2.25. The fourth-order valence-corrected chi connectivity index (χ4v) is 1.40. The monoisotopic (exact) mass is 217 g/mol. The van der Waals surface area contributed by atoms with Gasteiger partial charge in [0.05, 0.1) is 5.69 Å². The maximum absolute atomic E-state index is 5.54. The van der Waals surface area contributed by atoms with Gasteiger partial charge in [0.25, 0.3) is 0 Å². The predicted molar refractivity (Wildman–Crippen MR) is 63.5 cm³/mol. The second kappa shape index (κ2) is 4.76. The van der Waals surface area contributed by atoms with E-state index >= 15 is 0 Å². The number of aromatic nitrogens is 3. The van der Waals surface area contributed by atoms with Crippen LogP contribution in [0.25, 0.3) is 5.69 Å². The Labute approximate surface area is 94.3 Å². The van der Waals surface area contributed by atoms with Crippen molar-refractivity contribution in [2.75, 3.05) is 11.9 Å². The second-order valence-corrected chi connectivity index (χ2v) is 3.67. The molecule has 1 unspecified atom stereocenters. The first-order valence-corrected chi connectivity index (χ1v) is 5.21. The molecule has 0 radical (unpaired) electrons. The Morgan fingerprint density at radius 3 is 2.69 bits per heavy atom. The molecule has 2 rings (SSSR count). The highest BCUT2D eigenvalue weighted by molar-refractivity contribution is 5.48. The molecule has 0 fully saturated rings. The van der Waals surface area contributed by atoms with Gasteiger partial charge in [-0.2, -0.15) is 5.10 Å². The van der Waals surface area contributed by atoms with Crippen LogP contribution in [-0.2, 0) is 0 Å². The Morgan fingerprint density at radius 1 is 1.38 bits per heavy atom. The number of anilines is 1. The summed E-state index contributed by atoms with van der Waals surface area (Å²) in [6.07, 6.45) is 3.19. The lowest BCUT2D eigenvalue weighted by molar-refractivity contribution is 0.803. The molecule has 5 nitrogen and oxygen atoms in total. The van der Waals surface area contributed by atoms with Gasteiger partial charge in [-0.3, -0.25) is 0 Å². The lowest BCUT2D eigenvalue weighted by Gasteiger charge is -2.12. The number of nitrogens with one attached hydrogen (secondary N) is 1. The van der Waals surface area contributed by atoms with Gasteiger partial charge in [-0.05, 0) is 31.2 Å². The predicted octanol–water partition coefficient (Wildman–Crippen LogP) is 1.03. The number of nitrogens with zero attached hydrogens (tertiary/aromatic N) is 3. The third-order valence-electron chi connectivity index (χ3n) is 2.32. The molecule has 0 aliphatic carbocycles. The molecule has 1 aromatic carbocycles. The molecule has 2 aromatic rings. The minimum atomic E-state index is 0.275. The largest absolute Gasteiger partial charge is 0.381 e. The van der Waals surface area contributed by atoms with Crippen LogP contribution in [0.1, 0.15) is 6.92 Å². The van der Waals surface area contributed by atoms with Crippen molar-refractivity contribution in [3.8, 4) is 5.69 Å². The van der Waals surface area contributed by atoms with E-state index in [1.807, 2.05) is 31.2 Å². The van der Waals surface area contributed by atoms with Crippen LogP contribution in [0.2, 0.25) is 0 Å². The van der Waals surface area contributed by atoms with E-state index in [0.29, 0.717) is 6.54 Å². The van der Waals surface area contributed by atoms with Crippen molar-refractivity contribution in [2.24, 2.45) is 5.73 Å². The maximum Gasteiger partial charge on any atom is 0.138 e. The standard InChI is InChI=1S/C11H15N5/c1-9(6-12)15-10-2-4-11(5-3-10)16-8-13-7-14-16/h2-5,7-9,15H,6,12H2,1H3. The Kier molecular flexibility index (Phi) is 3.16. The van der Waals surface area contributed by atoms with Crippen molar-refractivity contribution in [2.45, 2.75) is 13.0 Å². The van der Waals surface area contributed by atoms with Gasteiger partial charge in [0.1, 0.15) is 12.7 Å². The van der Waals surface area contributed by atoms with Crippen molar-refractivity contribution >= 4 is 5.69 Å². The van der Waals surface area contributed by atoms with E-state index in [9.17, 15) is 0 Å². The molecule has 3 N–H and O–H groups in total. The van der Waals surface area contributed by atoms with Gasteiger partial charge in [-0.25, -0.2) is 9.67 Å². The summed E-state index contributed by atoms with van der Waals surface area (Å²) in [6.45, 7) is 2.66. The molecule has 1 aromatic heterocycles. The van der Waals surface area contributed by atoms with Crippen molar-refractivity contribution in [3.63, 3.8) is 0 Å². The normalized spacial score (nSPS) is 12.4. The average Bonchev–Trinajstić information content (AvgIpc) is 2.83. The molecule has 84 valence electrons. The molecule has 0 bridgehead atoms. The summed E-state index contributed by atoms with van der Waals surface area (Å²) in [7, 11) is 0. The molecule has 16 heavy (non-hydrogen) atoms. The van der Waals surface area contributed by atoms with E-state index in [1.165, 1.54) is 6.33 Å². The zero-order chi connectivity index (χ0) is 11.4. The lowest BCUT2D eigenvalue weighted by atomic mass is 10.2. The Bertz CT molecular complexity index is 420. The van der Waals surface area contributed by atoms with Crippen LogP contribution in [0.4, 0.5) is 5.69 Å². The molecule has 0 saturated carbocycles. The molecule has 5 heteroatoms. The summed E-state index contributed by atoms with van der Waals surface area (Å²) in [5.74, 6) is 0. The average molecular weight is 217 g/mol. The van der Waals surface area contributed by atoms with Gasteiger partial charge in [0.2, 0.25) is 0 Å². The number of nitrogens with two attached hydrogens (primary N) is 1. The molecular formula is C11H15N5. The van der Waals surface area contributed by atoms with Crippen molar-refractivity contribution in [3.05, 3.63) is 36.9 Å². The quantitative estimate of drug-likeness (QED) is 0.802. The van der Waals surface area contributed by atoms with Crippen LogP contribution in [0.5, 0.6) is 0 Å². The molecule has 0 aliphatic heterocycles. The fourth-order valence-electron chi connectivity index (χ4n) is 1.40.